The first-order chi connectivity index (χ1) is 16.1. The highest BCUT2D eigenvalue weighted by atomic mass is 35.5. The predicted octanol–water partition coefficient (Wildman–Crippen LogP) is 4.59. The molecule has 6 nitrogen and oxygen atoms in total. The first kappa shape index (κ1) is 24.0. The molecule has 5 rings (SSSR count). The van der Waals surface area contributed by atoms with Gasteiger partial charge in [-0.15, -0.1) is 23.7 Å². The van der Waals surface area contributed by atoms with Crippen molar-refractivity contribution in [3.63, 3.8) is 0 Å². The molecule has 2 aliphatic rings. The quantitative estimate of drug-likeness (QED) is 0.565. The number of nitrogens with zero attached hydrogens (tertiary/aromatic N) is 3. The molecule has 1 fully saturated rings. The standard InChI is InChI=1S/C26H24N4O2S.ClH/c27-14-22-21-11-12-29(15-18-7-3-1-4-8-18)17-23(21)33-26(22)28-25(32)19-13-24(31)30(16-19)20-9-5-2-6-10-20;/h1-10,19H,11-13,15-17H2,(H,28,32);1H. The van der Waals surface area contributed by atoms with Gasteiger partial charge in [0.1, 0.15) is 11.1 Å². The summed E-state index contributed by atoms with van der Waals surface area (Å²) in [5.74, 6) is -0.681. The number of para-hydroxylation sites is 1. The number of anilines is 2. The van der Waals surface area contributed by atoms with Crippen LogP contribution in [0.25, 0.3) is 0 Å². The maximum atomic E-state index is 13.0. The van der Waals surface area contributed by atoms with E-state index in [1.807, 2.05) is 48.5 Å². The van der Waals surface area contributed by atoms with E-state index in [2.05, 4.69) is 28.4 Å². The average Bonchev–Trinajstić information content (AvgIpc) is 3.39. The summed E-state index contributed by atoms with van der Waals surface area (Å²) in [4.78, 5) is 30.7. The van der Waals surface area contributed by atoms with Gasteiger partial charge in [-0.25, -0.2) is 0 Å². The number of nitrogens with one attached hydrogen (secondary N) is 1. The fourth-order valence-electron chi connectivity index (χ4n) is 4.59. The molecule has 1 aromatic heterocycles. The second kappa shape index (κ2) is 10.4. The third-order valence-electron chi connectivity index (χ3n) is 6.30. The summed E-state index contributed by atoms with van der Waals surface area (Å²) in [6.07, 6.45) is 0.972. The van der Waals surface area contributed by atoms with Crippen molar-refractivity contribution >= 4 is 46.2 Å². The molecular weight excluding hydrogens is 468 g/mol. The van der Waals surface area contributed by atoms with E-state index in [0.717, 1.165) is 42.2 Å². The van der Waals surface area contributed by atoms with Gasteiger partial charge in [0.05, 0.1) is 11.5 Å². The molecule has 8 heteroatoms. The summed E-state index contributed by atoms with van der Waals surface area (Å²) < 4.78 is 0. The second-order valence-electron chi connectivity index (χ2n) is 8.50. The van der Waals surface area contributed by atoms with Crippen LogP contribution in [0.3, 0.4) is 0 Å². The zero-order valence-electron chi connectivity index (χ0n) is 18.6. The molecule has 3 aromatic rings. The fraction of sp³-hybridized carbons (Fsp3) is 0.269. The molecule has 2 amide bonds. The van der Waals surface area contributed by atoms with Crippen molar-refractivity contribution in [2.45, 2.75) is 25.9 Å². The molecule has 0 saturated carbocycles. The lowest BCUT2D eigenvalue weighted by atomic mass is 10.0. The SMILES string of the molecule is Cl.N#Cc1c(NC(=O)C2CC(=O)N(c3ccccc3)C2)sc2c1CCN(Cc1ccccc1)C2. The van der Waals surface area contributed by atoms with Crippen LogP contribution in [0.4, 0.5) is 10.7 Å². The van der Waals surface area contributed by atoms with Crippen LogP contribution in [-0.4, -0.2) is 29.8 Å². The Morgan fingerprint density at radius 3 is 2.53 bits per heavy atom. The molecule has 2 aliphatic heterocycles. The van der Waals surface area contributed by atoms with Gasteiger partial charge in [-0.05, 0) is 29.7 Å². The second-order valence-corrected chi connectivity index (χ2v) is 9.60. The van der Waals surface area contributed by atoms with Crippen LogP contribution in [0.1, 0.15) is 28.0 Å². The molecule has 0 bridgehead atoms. The van der Waals surface area contributed by atoms with Crippen molar-refractivity contribution in [2.75, 3.05) is 23.3 Å². The zero-order chi connectivity index (χ0) is 22.8. The number of fused-ring (bicyclic) bond motifs is 1. The van der Waals surface area contributed by atoms with Crippen molar-refractivity contribution in [2.24, 2.45) is 5.92 Å². The number of thiophene rings is 1. The van der Waals surface area contributed by atoms with E-state index < -0.39 is 5.92 Å². The van der Waals surface area contributed by atoms with Gasteiger partial charge in [-0.2, -0.15) is 5.26 Å². The van der Waals surface area contributed by atoms with Crippen molar-refractivity contribution in [3.05, 3.63) is 82.2 Å². The topological polar surface area (TPSA) is 76.4 Å². The van der Waals surface area contributed by atoms with Crippen LogP contribution in [0.5, 0.6) is 0 Å². The van der Waals surface area contributed by atoms with E-state index in [0.29, 0.717) is 17.1 Å². The highest BCUT2D eigenvalue weighted by molar-refractivity contribution is 7.16. The average molecular weight is 493 g/mol. The van der Waals surface area contributed by atoms with Gasteiger partial charge in [0.15, 0.2) is 0 Å². The maximum absolute atomic E-state index is 13.0. The van der Waals surface area contributed by atoms with Crippen molar-refractivity contribution in [1.82, 2.24) is 4.90 Å². The van der Waals surface area contributed by atoms with E-state index >= 15 is 0 Å². The Kier molecular flexibility index (Phi) is 7.32. The Morgan fingerprint density at radius 2 is 1.82 bits per heavy atom. The Hall–Kier alpha value is -3.18. The lowest BCUT2D eigenvalue weighted by Crippen LogP contribution is -2.29. The Balaban J connectivity index is 0.00000274. The van der Waals surface area contributed by atoms with Gasteiger partial charge in [0, 0.05) is 43.2 Å². The molecule has 1 atom stereocenters. The first-order valence-corrected chi connectivity index (χ1v) is 11.9. The molecule has 174 valence electrons. The van der Waals surface area contributed by atoms with Gasteiger partial charge < -0.3 is 10.2 Å². The van der Waals surface area contributed by atoms with Gasteiger partial charge in [-0.3, -0.25) is 14.5 Å². The fourth-order valence-corrected chi connectivity index (χ4v) is 5.84. The van der Waals surface area contributed by atoms with E-state index in [4.69, 9.17) is 0 Å². The molecule has 0 radical (unpaired) electrons. The van der Waals surface area contributed by atoms with Gasteiger partial charge >= 0.3 is 0 Å². The Labute approximate surface area is 209 Å². The molecular formula is C26H25ClN4O2S. The molecule has 34 heavy (non-hydrogen) atoms. The summed E-state index contributed by atoms with van der Waals surface area (Å²) in [5.41, 5.74) is 3.70. The van der Waals surface area contributed by atoms with Crippen molar-refractivity contribution in [1.29, 1.82) is 5.26 Å². The number of nitriles is 1. The van der Waals surface area contributed by atoms with E-state index in [1.54, 1.807) is 4.90 Å². The molecule has 0 aliphatic carbocycles. The minimum atomic E-state index is -0.432. The largest absolute Gasteiger partial charge is 0.316 e. The lowest BCUT2D eigenvalue weighted by molar-refractivity contribution is -0.122. The summed E-state index contributed by atoms with van der Waals surface area (Å²) in [5, 5.41) is 13.4. The van der Waals surface area contributed by atoms with Crippen LogP contribution >= 0.6 is 23.7 Å². The highest BCUT2D eigenvalue weighted by Crippen LogP contribution is 2.37. The maximum Gasteiger partial charge on any atom is 0.230 e. The minimum Gasteiger partial charge on any atom is -0.316 e. The van der Waals surface area contributed by atoms with Crippen LogP contribution in [-0.2, 0) is 29.1 Å². The highest BCUT2D eigenvalue weighted by Gasteiger charge is 2.36. The molecule has 3 heterocycles. The molecule has 1 unspecified atom stereocenters. The Bertz CT molecular complexity index is 1220. The smallest absolute Gasteiger partial charge is 0.230 e. The Morgan fingerprint density at radius 1 is 1.12 bits per heavy atom. The monoisotopic (exact) mass is 492 g/mol. The zero-order valence-corrected chi connectivity index (χ0v) is 20.2. The lowest BCUT2D eigenvalue weighted by Gasteiger charge is -2.26. The van der Waals surface area contributed by atoms with Crippen LogP contribution in [0.15, 0.2) is 60.7 Å². The van der Waals surface area contributed by atoms with Crippen LogP contribution in [0.2, 0.25) is 0 Å². The number of rotatable bonds is 5. The molecule has 1 N–H and O–H groups in total. The van der Waals surface area contributed by atoms with E-state index in [1.165, 1.54) is 16.9 Å². The number of hydrogen-bond donors (Lipinski definition) is 1. The van der Waals surface area contributed by atoms with E-state index in [9.17, 15) is 14.9 Å². The normalized spacial score (nSPS) is 17.6. The van der Waals surface area contributed by atoms with Gasteiger partial charge in [-0.1, -0.05) is 48.5 Å². The van der Waals surface area contributed by atoms with Crippen LogP contribution in [0, 0.1) is 17.2 Å². The number of benzene rings is 2. The summed E-state index contributed by atoms with van der Waals surface area (Å²) in [6.45, 7) is 2.86. The summed E-state index contributed by atoms with van der Waals surface area (Å²) in [7, 11) is 0. The number of carbonyl (C=O) groups is 2. The predicted molar refractivity (Wildman–Crippen MR) is 136 cm³/mol. The van der Waals surface area contributed by atoms with Gasteiger partial charge in [0.25, 0.3) is 0 Å². The van der Waals surface area contributed by atoms with E-state index in [-0.39, 0.29) is 30.6 Å². The third-order valence-corrected chi connectivity index (χ3v) is 7.43. The minimum absolute atomic E-state index is 0. The number of amides is 2. The first-order valence-electron chi connectivity index (χ1n) is 11.1. The molecule has 1 saturated heterocycles. The number of halogens is 1. The number of hydrogen-bond acceptors (Lipinski definition) is 5. The van der Waals surface area contributed by atoms with Gasteiger partial charge in [0.2, 0.25) is 11.8 Å². The molecule has 0 spiro atoms. The molecule has 2 aromatic carbocycles. The third kappa shape index (κ3) is 4.85. The van der Waals surface area contributed by atoms with Crippen LogP contribution < -0.4 is 10.2 Å². The van der Waals surface area contributed by atoms with Crippen molar-refractivity contribution in [3.8, 4) is 6.07 Å². The summed E-state index contributed by atoms with van der Waals surface area (Å²) in [6, 6.07) is 22.1. The van der Waals surface area contributed by atoms with Crippen molar-refractivity contribution < 1.29 is 9.59 Å². The summed E-state index contributed by atoms with van der Waals surface area (Å²) >= 11 is 1.49. The number of carbonyl (C=O) groups excluding carboxylic acids is 2.